The van der Waals surface area contributed by atoms with Crippen molar-refractivity contribution in [3.63, 3.8) is 0 Å². The van der Waals surface area contributed by atoms with Gasteiger partial charge < -0.3 is 14.6 Å². The van der Waals surface area contributed by atoms with Gasteiger partial charge in [0.1, 0.15) is 0 Å². The van der Waals surface area contributed by atoms with E-state index in [1.807, 2.05) is 0 Å². The molecular formula is C13H23N3O2. The second kappa shape index (κ2) is 6.29. The molecule has 0 spiro atoms. The predicted octanol–water partition coefficient (Wildman–Crippen LogP) is 2.07. The molecule has 2 heterocycles. The quantitative estimate of drug-likeness (QED) is 0.870. The topological polar surface area (TPSA) is 60.2 Å². The summed E-state index contributed by atoms with van der Waals surface area (Å²) in [7, 11) is 0. The van der Waals surface area contributed by atoms with Crippen LogP contribution < -0.4 is 5.32 Å². The van der Waals surface area contributed by atoms with Crippen LogP contribution in [0, 0.1) is 0 Å². The van der Waals surface area contributed by atoms with Crippen molar-refractivity contribution in [2.75, 3.05) is 19.8 Å². The van der Waals surface area contributed by atoms with Gasteiger partial charge >= 0.3 is 0 Å². The van der Waals surface area contributed by atoms with E-state index >= 15 is 0 Å². The van der Waals surface area contributed by atoms with Gasteiger partial charge in [-0.15, -0.1) is 0 Å². The summed E-state index contributed by atoms with van der Waals surface area (Å²) in [6, 6.07) is 0.388. The van der Waals surface area contributed by atoms with Crippen molar-refractivity contribution in [3.05, 3.63) is 11.7 Å². The van der Waals surface area contributed by atoms with Gasteiger partial charge in [0.25, 0.3) is 0 Å². The zero-order valence-corrected chi connectivity index (χ0v) is 11.5. The summed E-state index contributed by atoms with van der Waals surface area (Å²) in [5, 5.41) is 7.59. The highest BCUT2D eigenvalue weighted by atomic mass is 16.5. The van der Waals surface area contributed by atoms with E-state index < -0.39 is 0 Å². The van der Waals surface area contributed by atoms with E-state index in [9.17, 15) is 0 Å². The molecule has 18 heavy (non-hydrogen) atoms. The highest BCUT2D eigenvalue weighted by molar-refractivity contribution is 5.02. The summed E-state index contributed by atoms with van der Waals surface area (Å²) in [6.07, 6.45) is 2.13. The Bertz CT molecular complexity index is 365. The molecule has 1 N–H and O–H groups in total. The molecule has 1 aliphatic rings. The highest BCUT2D eigenvalue weighted by Gasteiger charge is 2.31. The first kappa shape index (κ1) is 13.5. The molecule has 1 fully saturated rings. The first-order valence-electron chi connectivity index (χ1n) is 6.87. The molecule has 0 saturated carbocycles. The molecule has 2 atom stereocenters. The maximum absolute atomic E-state index is 5.55. The number of nitrogens with one attached hydrogen (secondary N) is 1. The minimum atomic E-state index is 0.185. The zero-order chi connectivity index (χ0) is 13.0. The standard InChI is InChI=1S/C13H23N3O2/c1-4-6-14-11-5-7-17-8-10(11)13-15-12(9(2)3)16-18-13/h9-11,14H,4-8H2,1-3H3. The maximum Gasteiger partial charge on any atom is 0.233 e. The second-order valence-corrected chi connectivity index (χ2v) is 5.18. The minimum Gasteiger partial charge on any atom is -0.381 e. The molecule has 1 saturated heterocycles. The molecule has 0 bridgehead atoms. The van der Waals surface area contributed by atoms with E-state index in [0.29, 0.717) is 24.5 Å². The number of hydrogen-bond acceptors (Lipinski definition) is 5. The van der Waals surface area contributed by atoms with Crippen molar-refractivity contribution >= 4 is 0 Å². The van der Waals surface area contributed by atoms with Crippen LogP contribution in [0.15, 0.2) is 4.52 Å². The van der Waals surface area contributed by atoms with Crippen LogP contribution in [0.2, 0.25) is 0 Å². The van der Waals surface area contributed by atoms with E-state index in [0.717, 1.165) is 31.8 Å². The largest absolute Gasteiger partial charge is 0.381 e. The fourth-order valence-corrected chi connectivity index (χ4v) is 2.19. The molecule has 0 aromatic carbocycles. The molecule has 1 aromatic heterocycles. The Balaban J connectivity index is 2.06. The normalized spacial score (nSPS) is 24.7. The first-order chi connectivity index (χ1) is 8.72. The Hall–Kier alpha value is -0.940. The van der Waals surface area contributed by atoms with Gasteiger partial charge in [-0.05, 0) is 19.4 Å². The monoisotopic (exact) mass is 253 g/mol. The van der Waals surface area contributed by atoms with Gasteiger partial charge in [0.05, 0.1) is 12.5 Å². The summed E-state index contributed by atoms with van der Waals surface area (Å²) in [4.78, 5) is 4.49. The fourth-order valence-electron chi connectivity index (χ4n) is 2.19. The molecule has 0 radical (unpaired) electrons. The average molecular weight is 253 g/mol. The number of nitrogens with zero attached hydrogens (tertiary/aromatic N) is 2. The first-order valence-corrected chi connectivity index (χ1v) is 6.87. The SMILES string of the molecule is CCCNC1CCOCC1c1nc(C(C)C)no1. The summed E-state index contributed by atoms with van der Waals surface area (Å²) in [5.41, 5.74) is 0. The lowest BCUT2D eigenvalue weighted by Gasteiger charge is -2.29. The number of hydrogen-bond donors (Lipinski definition) is 1. The van der Waals surface area contributed by atoms with Gasteiger partial charge in [-0.2, -0.15) is 4.98 Å². The van der Waals surface area contributed by atoms with Gasteiger partial charge in [0, 0.05) is 18.6 Å². The number of aromatic nitrogens is 2. The zero-order valence-electron chi connectivity index (χ0n) is 11.5. The van der Waals surface area contributed by atoms with E-state index in [1.165, 1.54) is 0 Å². The van der Waals surface area contributed by atoms with Gasteiger partial charge in [-0.25, -0.2) is 0 Å². The van der Waals surface area contributed by atoms with Crippen molar-refractivity contribution < 1.29 is 9.26 Å². The van der Waals surface area contributed by atoms with Crippen LogP contribution in [0.25, 0.3) is 0 Å². The van der Waals surface area contributed by atoms with Gasteiger partial charge in [0.2, 0.25) is 5.89 Å². The molecule has 5 nitrogen and oxygen atoms in total. The smallest absolute Gasteiger partial charge is 0.233 e. The molecule has 5 heteroatoms. The van der Waals surface area contributed by atoms with E-state index in [2.05, 4.69) is 36.2 Å². The van der Waals surface area contributed by atoms with Crippen molar-refractivity contribution in [2.24, 2.45) is 0 Å². The third-order valence-electron chi connectivity index (χ3n) is 3.30. The lowest BCUT2D eigenvalue weighted by atomic mass is 9.95. The van der Waals surface area contributed by atoms with Gasteiger partial charge in [-0.1, -0.05) is 25.9 Å². The second-order valence-electron chi connectivity index (χ2n) is 5.18. The van der Waals surface area contributed by atoms with Crippen LogP contribution >= 0.6 is 0 Å². The molecule has 1 aromatic rings. The predicted molar refractivity (Wildman–Crippen MR) is 68.6 cm³/mol. The highest BCUT2D eigenvalue weighted by Crippen LogP contribution is 2.25. The fraction of sp³-hybridized carbons (Fsp3) is 0.846. The third kappa shape index (κ3) is 3.09. The summed E-state index contributed by atoms with van der Waals surface area (Å²) < 4.78 is 10.9. The van der Waals surface area contributed by atoms with Gasteiger partial charge in [-0.3, -0.25) is 0 Å². The molecule has 1 aliphatic heterocycles. The van der Waals surface area contributed by atoms with Crippen LogP contribution in [0.4, 0.5) is 0 Å². The molecule has 102 valence electrons. The Labute approximate surface area is 108 Å². The van der Waals surface area contributed by atoms with E-state index in [1.54, 1.807) is 0 Å². The Kier molecular flexibility index (Phi) is 4.72. The van der Waals surface area contributed by atoms with Crippen molar-refractivity contribution in [3.8, 4) is 0 Å². The average Bonchev–Trinajstić information content (AvgIpc) is 2.86. The Morgan fingerprint density at radius 1 is 1.44 bits per heavy atom. The lowest BCUT2D eigenvalue weighted by Crippen LogP contribution is -2.41. The van der Waals surface area contributed by atoms with Crippen molar-refractivity contribution in [1.82, 2.24) is 15.5 Å². The van der Waals surface area contributed by atoms with Crippen molar-refractivity contribution in [2.45, 2.75) is 51.5 Å². The Morgan fingerprint density at radius 2 is 2.28 bits per heavy atom. The molecule has 2 unspecified atom stereocenters. The van der Waals surface area contributed by atoms with E-state index in [-0.39, 0.29) is 5.92 Å². The lowest BCUT2D eigenvalue weighted by molar-refractivity contribution is 0.0498. The maximum atomic E-state index is 5.55. The van der Waals surface area contributed by atoms with Crippen LogP contribution in [0.5, 0.6) is 0 Å². The van der Waals surface area contributed by atoms with Crippen LogP contribution in [-0.2, 0) is 4.74 Å². The van der Waals surface area contributed by atoms with Crippen LogP contribution in [0.1, 0.15) is 57.2 Å². The summed E-state index contributed by atoms with van der Waals surface area (Å²) >= 11 is 0. The van der Waals surface area contributed by atoms with Crippen LogP contribution in [-0.4, -0.2) is 35.9 Å². The summed E-state index contributed by atoms with van der Waals surface area (Å²) in [5.74, 6) is 1.98. The molecule has 2 rings (SSSR count). The minimum absolute atomic E-state index is 0.185. The number of rotatable bonds is 5. The van der Waals surface area contributed by atoms with Crippen LogP contribution in [0.3, 0.4) is 0 Å². The summed E-state index contributed by atoms with van der Waals surface area (Å²) in [6.45, 7) is 8.80. The molecule has 0 aliphatic carbocycles. The third-order valence-corrected chi connectivity index (χ3v) is 3.30. The molecule has 0 amide bonds. The van der Waals surface area contributed by atoms with Gasteiger partial charge in [0.15, 0.2) is 5.82 Å². The molecular weight excluding hydrogens is 230 g/mol. The Morgan fingerprint density at radius 3 is 2.94 bits per heavy atom. The van der Waals surface area contributed by atoms with Crippen molar-refractivity contribution in [1.29, 1.82) is 0 Å². The van der Waals surface area contributed by atoms with E-state index in [4.69, 9.17) is 9.26 Å². The number of ether oxygens (including phenoxy) is 1.